The third kappa shape index (κ3) is 3.95. The second-order valence-corrected chi connectivity index (χ2v) is 7.67. The number of benzene rings is 1. The molecular weight excluding hydrogens is 411 g/mol. The number of rotatable bonds is 5. The van der Waals surface area contributed by atoms with Crippen molar-refractivity contribution >= 4 is 22.4 Å². The van der Waals surface area contributed by atoms with Crippen LogP contribution in [0.4, 0.5) is 24.7 Å². The van der Waals surface area contributed by atoms with E-state index in [9.17, 15) is 23.4 Å². The Kier molecular flexibility index (Phi) is 5.57. The maximum Gasteiger partial charge on any atom is 0.266 e. The molecule has 31 heavy (non-hydrogen) atoms. The van der Waals surface area contributed by atoms with Crippen molar-refractivity contribution in [3.05, 3.63) is 46.9 Å². The van der Waals surface area contributed by atoms with Crippen molar-refractivity contribution in [3.8, 4) is 5.88 Å². The van der Waals surface area contributed by atoms with Crippen molar-refractivity contribution < 1.29 is 23.4 Å². The molecule has 1 saturated heterocycles. The van der Waals surface area contributed by atoms with E-state index in [1.807, 2.05) is 4.90 Å². The van der Waals surface area contributed by atoms with Gasteiger partial charge in [-0.2, -0.15) is 5.10 Å². The zero-order valence-electron chi connectivity index (χ0n) is 17.0. The number of aryl methyl sites for hydroxylation is 1. The molecule has 0 amide bonds. The second-order valence-electron chi connectivity index (χ2n) is 7.67. The van der Waals surface area contributed by atoms with E-state index in [2.05, 4.69) is 20.5 Å². The lowest BCUT2D eigenvalue weighted by atomic mass is 10.0. The van der Waals surface area contributed by atoms with Gasteiger partial charge in [0.05, 0.1) is 23.4 Å². The number of hydrogen-bond acceptors (Lipinski definition) is 7. The van der Waals surface area contributed by atoms with E-state index in [4.69, 9.17) is 0 Å². The Balaban J connectivity index is 1.74. The molecule has 10 heteroatoms. The predicted octanol–water partition coefficient (Wildman–Crippen LogP) is 3.86. The first kappa shape index (κ1) is 21.1. The Hall–Kier alpha value is -3.14. The highest BCUT2D eigenvalue weighted by molar-refractivity contribution is 5.93. The molecule has 1 aliphatic heterocycles. The lowest BCUT2D eigenvalue weighted by Gasteiger charge is -2.21. The van der Waals surface area contributed by atoms with Crippen LogP contribution < -0.4 is 10.2 Å². The summed E-state index contributed by atoms with van der Waals surface area (Å²) in [7, 11) is 0. The number of β-amino-alcohol motifs (C(OH)–C–C–N with tert-alkyl or cyclic N) is 1. The fourth-order valence-corrected chi connectivity index (χ4v) is 3.83. The van der Waals surface area contributed by atoms with Crippen molar-refractivity contribution in [1.29, 1.82) is 0 Å². The number of nitrogens with one attached hydrogen (secondary N) is 1. The normalized spacial score (nSPS) is 17.5. The predicted molar refractivity (Wildman–Crippen MR) is 110 cm³/mol. The number of hydrogen-bond donors (Lipinski definition) is 3. The van der Waals surface area contributed by atoms with Crippen LogP contribution in [0.1, 0.15) is 42.6 Å². The summed E-state index contributed by atoms with van der Waals surface area (Å²) in [5.74, 6) is -0.875. The molecule has 0 aliphatic carbocycles. The smallest absolute Gasteiger partial charge is 0.266 e. The standard InChI is InChI=1S/C21H22F3N5O2/c1-10(13-4-3-5-14(17(13)22)19(23)24)25-20-15-8-16(29-7-6-12(30)9-29)21(31)26-18(15)11(2)27-28-20/h3-5,8,10,12,19,30H,6-7,9H2,1-2H3,(H,25,28)(H,26,31)/t10-,12+/m1/s1. The number of nitrogens with zero attached hydrogens (tertiary/aromatic N) is 4. The van der Waals surface area contributed by atoms with Crippen LogP contribution in [0.5, 0.6) is 5.88 Å². The van der Waals surface area contributed by atoms with Crippen molar-refractivity contribution in [2.75, 3.05) is 23.3 Å². The zero-order valence-corrected chi connectivity index (χ0v) is 17.0. The molecule has 0 radical (unpaired) electrons. The molecule has 2 atom stereocenters. The van der Waals surface area contributed by atoms with Gasteiger partial charge in [-0.05, 0) is 26.3 Å². The highest BCUT2D eigenvalue weighted by Crippen LogP contribution is 2.36. The van der Waals surface area contributed by atoms with Crippen LogP contribution in [0, 0.1) is 12.7 Å². The average molecular weight is 433 g/mol. The Labute approximate surface area is 176 Å². The highest BCUT2D eigenvalue weighted by atomic mass is 19.3. The number of aromatic hydroxyl groups is 1. The van der Waals surface area contributed by atoms with Crippen molar-refractivity contribution in [1.82, 2.24) is 15.2 Å². The lowest BCUT2D eigenvalue weighted by Crippen LogP contribution is -2.21. The quantitative estimate of drug-likeness (QED) is 0.563. The molecule has 2 aromatic heterocycles. The van der Waals surface area contributed by atoms with Gasteiger partial charge in [0.2, 0.25) is 5.88 Å². The van der Waals surface area contributed by atoms with Crippen LogP contribution in [0.15, 0.2) is 24.3 Å². The molecule has 0 spiro atoms. The first-order valence-electron chi connectivity index (χ1n) is 9.89. The van der Waals surface area contributed by atoms with Gasteiger partial charge in [0.15, 0.2) is 5.82 Å². The number of aliphatic hydroxyl groups is 1. The summed E-state index contributed by atoms with van der Waals surface area (Å²) in [6.07, 6.45) is -2.83. The van der Waals surface area contributed by atoms with E-state index in [1.165, 1.54) is 12.1 Å². The average Bonchev–Trinajstić information content (AvgIpc) is 3.16. The minimum absolute atomic E-state index is 0.0722. The Morgan fingerprint density at radius 3 is 2.65 bits per heavy atom. The molecule has 3 N–H and O–H groups in total. The van der Waals surface area contributed by atoms with Gasteiger partial charge < -0.3 is 20.4 Å². The van der Waals surface area contributed by atoms with Crippen LogP contribution >= 0.6 is 0 Å². The lowest BCUT2D eigenvalue weighted by molar-refractivity contribution is 0.146. The summed E-state index contributed by atoms with van der Waals surface area (Å²) in [6, 6.07) is 4.88. The molecule has 1 fully saturated rings. The second kappa shape index (κ2) is 8.18. The Bertz CT molecular complexity index is 1130. The molecule has 0 bridgehead atoms. The van der Waals surface area contributed by atoms with Gasteiger partial charge >= 0.3 is 0 Å². The minimum Gasteiger partial charge on any atom is -0.492 e. The fraction of sp³-hybridized carbons (Fsp3) is 0.381. The molecule has 0 saturated carbocycles. The van der Waals surface area contributed by atoms with Gasteiger partial charge in [-0.3, -0.25) is 0 Å². The van der Waals surface area contributed by atoms with E-state index in [1.54, 1.807) is 19.9 Å². The number of anilines is 2. The van der Waals surface area contributed by atoms with Gasteiger partial charge in [0.25, 0.3) is 6.43 Å². The maximum absolute atomic E-state index is 14.6. The minimum atomic E-state index is -2.92. The van der Waals surface area contributed by atoms with Crippen LogP contribution in [0.3, 0.4) is 0 Å². The summed E-state index contributed by atoms with van der Waals surface area (Å²) in [5.41, 5.74) is 0.753. The van der Waals surface area contributed by atoms with Gasteiger partial charge in [-0.1, -0.05) is 18.2 Å². The van der Waals surface area contributed by atoms with Gasteiger partial charge in [0, 0.05) is 24.0 Å². The molecule has 1 aliphatic rings. The van der Waals surface area contributed by atoms with Crippen LogP contribution in [0.25, 0.3) is 10.9 Å². The van der Waals surface area contributed by atoms with Crippen LogP contribution in [-0.4, -0.2) is 44.6 Å². The third-order valence-corrected chi connectivity index (χ3v) is 5.50. The van der Waals surface area contributed by atoms with Crippen LogP contribution in [0.2, 0.25) is 0 Å². The van der Waals surface area contributed by atoms with Gasteiger partial charge in [-0.15, -0.1) is 5.10 Å². The topological polar surface area (TPSA) is 94.4 Å². The van der Waals surface area contributed by atoms with E-state index >= 15 is 0 Å². The molecule has 4 rings (SSSR count). The SMILES string of the molecule is Cc1nnc(N[C@H](C)c2cccc(C(F)F)c2F)c2cc(N3CC[C@H](O)C3)c(O)nc12. The van der Waals surface area contributed by atoms with Gasteiger partial charge in [0.1, 0.15) is 17.0 Å². The maximum atomic E-state index is 14.6. The summed E-state index contributed by atoms with van der Waals surface area (Å²) in [4.78, 5) is 6.08. The summed E-state index contributed by atoms with van der Waals surface area (Å²) in [6.45, 7) is 4.25. The zero-order chi connectivity index (χ0) is 22.3. The first-order valence-corrected chi connectivity index (χ1v) is 9.89. The molecule has 7 nitrogen and oxygen atoms in total. The molecule has 0 unspecified atom stereocenters. The molecular formula is C21H22F3N5O2. The Morgan fingerprint density at radius 1 is 1.23 bits per heavy atom. The fourth-order valence-electron chi connectivity index (χ4n) is 3.83. The highest BCUT2D eigenvalue weighted by Gasteiger charge is 2.25. The number of pyridine rings is 1. The van der Waals surface area contributed by atoms with E-state index in [-0.39, 0.29) is 17.3 Å². The number of alkyl halides is 2. The van der Waals surface area contributed by atoms with Crippen LogP contribution in [-0.2, 0) is 0 Å². The monoisotopic (exact) mass is 433 g/mol. The summed E-state index contributed by atoms with van der Waals surface area (Å²) in [5, 5.41) is 32.0. The number of aromatic nitrogens is 3. The van der Waals surface area contributed by atoms with E-state index < -0.39 is 30.0 Å². The van der Waals surface area contributed by atoms with Crippen molar-refractivity contribution in [2.45, 2.75) is 38.8 Å². The van der Waals surface area contributed by atoms with Crippen molar-refractivity contribution in [3.63, 3.8) is 0 Å². The van der Waals surface area contributed by atoms with Crippen molar-refractivity contribution in [2.24, 2.45) is 0 Å². The third-order valence-electron chi connectivity index (χ3n) is 5.50. The first-order chi connectivity index (χ1) is 14.8. The summed E-state index contributed by atoms with van der Waals surface area (Å²) < 4.78 is 40.7. The molecule has 3 heterocycles. The van der Waals surface area contributed by atoms with E-state index in [0.29, 0.717) is 41.8 Å². The number of halogens is 3. The summed E-state index contributed by atoms with van der Waals surface area (Å²) >= 11 is 0. The molecule has 3 aromatic rings. The van der Waals surface area contributed by atoms with E-state index in [0.717, 1.165) is 6.07 Å². The molecule has 164 valence electrons. The molecule has 1 aromatic carbocycles. The van der Waals surface area contributed by atoms with Gasteiger partial charge in [-0.25, -0.2) is 18.2 Å². The Morgan fingerprint density at radius 2 is 1.97 bits per heavy atom. The largest absolute Gasteiger partial charge is 0.492 e. The number of fused-ring (bicyclic) bond motifs is 1. The number of aliphatic hydroxyl groups excluding tert-OH is 1.